The van der Waals surface area contributed by atoms with Crippen molar-refractivity contribution in [2.75, 3.05) is 6.54 Å². The first-order valence-electron chi connectivity index (χ1n) is 8.36. The fraction of sp³-hybridized carbons (Fsp3) is 0.421. The Bertz CT molecular complexity index is 642. The largest absolute Gasteiger partial charge is 0.351 e. The minimum atomic E-state index is -0.244. The zero-order valence-electron chi connectivity index (χ0n) is 13.2. The van der Waals surface area contributed by atoms with Gasteiger partial charge >= 0.3 is 0 Å². The summed E-state index contributed by atoms with van der Waals surface area (Å²) in [6.07, 6.45) is 7.69. The summed E-state index contributed by atoms with van der Waals surface area (Å²) in [5, 5.41) is 3.08. The van der Waals surface area contributed by atoms with Gasteiger partial charge in [-0.3, -0.25) is 4.79 Å². The highest BCUT2D eigenvalue weighted by molar-refractivity contribution is 7.17. The average molecular weight is 331 g/mol. The first-order valence-corrected chi connectivity index (χ1v) is 9.18. The highest BCUT2D eigenvalue weighted by Crippen LogP contribution is 2.28. The lowest BCUT2D eigenvalue weighted by Crippen LogP contribution is -2.28. The van der Waals surface area contributed by atoms with Crippen LogP contribution in [0.15, 0.2) is 36.4 Å². The predicted molar refractivity (Wildman–Crippen MR) is 93.2 cm³/mol. The Hall–Kier alpha value is -1.68. The molecule has 2 nitrogen and oxygen atoms in total. The molecule has 1 N–H and O–H groups in total. The van der Waals surface area contributed by atoms with Crippen LogP contribution in [-0.4, -0.2) is 12.5 Å². The van der Waals surface area contributed by atoms with Crippen molar-refractivity contribution in [3.05, 3.63) is 47.1 Å². The molecule has 1 aromatic heterocycles. The van der Waals surface area contributed by atoms with Gasteiger partial charge in [0.25, 0.3) is 5.91 Å². The number of benzene rings is 1. The number of halogens is 1. The summed E-state index contributed by atoms with van der Waals surface area (Å²) in [6, 6.07) is 10.2. The summed E-state index contributed by atoms with van der Waals surface area (Å²) >= 11 is 1.46. The molecule has 1 aliphatic rings. The molecule has 0 aliphatic heterocycles. The van der Waals surface area contributed by atoms with E-state index in [9.17, 15) is 9.18 Å². The molecule has 0 atom stereocenters. The number of thiophene rings is 1. The fourth-order valence-electron chi connectivity index (χ4n) is 3.12. The maximum absolute atomic E-state index is 13.0. The molecule has 1 fully saturated rings. The van der Waals surface area contributed by atoms with Crippen LogP contribution in [0, 0.1) is 11.7 Å². The van der Waals surface area contributed by atoms with Gasteiger partial charge < -0.3 is 5.32 Å². The molecule has 0 bridgehead atoms. The summed E-state index contributed by atoms with van der Waals surface area (Å²) in [7, 11) is 0. The van der Waals surface area contributed by atoms with Gasteiger partial charge in [0.15, 0.2) is 0 Å². The molecule has 1 amide bonds. The van der Waals surface area contributed by atoms with E-state index >= 15 is 0 Å². The Morgan fingerprint density at radius 2 is 1.74 bits per heavy atom. The van der Waals surface area contributed by atoms with E-state index in [2.05, 4.69) is 5.32 Å². The number of hydrogen-bond acceptors (Lipinski definition) is 2. The van der Waals surface area contributed by atoms with E-state index in [1.54, 1.807) is 12.1 Å². The van der Waals surface area contributed by atoms with Gasteiger partial charge in [0.2, 0.25) is 0 Å². The normalized spacial score (nSPS) is 16.0. The molecule has 0 unspecified atom stereocenters. The molecule has 1 saturated carbocycles. The van der Waals surface area contributed by atoms with Crippen molar-refractivity contribution in [2.24, 2.45) is 5.92 Å². The van der Waals surface area contributed by atoms with Gasteiger partial charge in [-0.1, -0.05) is 37.8 Å². The third-order valence-electron chi connectivity index (χ3n) is 4.48. The number of rotatable bonds is 4. The molecule has 4 heteroatoms. The van der Waals surface area contributed by atoms with Crippen molar-refractivity contribution in [3.8, 4) is 10.4 Å². The smallest absolute Gasteiger partial charge is 0.261 e. The van der Waals surface area contributed by atoms with Crippen LogP contribution in [0.25, 0.3) is 10.4 Å². The lowest BCUT2D eigenvalue weighted by molar-refractivity contribution is 0.0950. The van der Waals surface area contributed by atoms with Crippen molar-refractivity contribution in [3.63, 3.8) is 0 Å². The SMILES string of the molecule is O=C(NCC1CCCCCC1)c1ccc(-c2ccc(F)cc2)s1. The van der Waals surface area contributed by atoms with E-state index < -0.39 is 0 Å². The minimum absolute atomic E-state index is 0.00705. The second-order valence-corrected chi connectivity index (χ2v) is 7.32. The van der Waals surface area contributed by atoms with Crippen molar-refractivity contribution in [1.29, 1.82) is 0 Å². The van der Waals surface area contributed by atoms with Crippen LogP contribution in [0.5, 0.6) is 0 Å². The number of hydrogen-bond donors (Lipinski definition) is 1. The standard InChI is InChI=1S/C19H22FNOS/c20-16-9-7-15(8-10-16)17-11-12-18(23-17)19(22)21-13-14-5-3-1-2-4-6-14/h7-12,14H,1-6,13H2,(H,21,22). The lowest BCUT2D eigenvalue weighted by Gasteiger charge is -2.14. The Labute approximate surface area is 140 Å². The molecule has 1 aliphatic carbocycles. The van der Waals surface area contributed by atoms with E-state index in [4.69, 9.17) is 0 Å². The Morgan fingerprint density at radius 1 is 1.04 bits per heavy atom. The Morgan fingerprint density at radius 3 is 2.43 bits per heavy atom. The maximum atomic E-state index is 13.0. The quantitative estimate of drug-likeness (QED) is 0.761. The Kier molecular flexibility index (Phi) is 5.44. The summed E-state index contributed by atoms with van der Waals surface area (Å²) in [5.74, 6) is 0.386. The van der Waals surface area contributed by atoms with Gasteiger partial charge in [0.1, 0.15) is 5.82 Å². The molecular formula is C19H22FNOS. The molecule has 0 spiro atoms. The molecule has 0 saturated heterocycles. The van der Waals surface area contributed by atoms with Crippen LogP contribution in [0.3, 0.4) is 0 Å². The van der Waals surface area contributed by atoms with Crippen LogP contribution in [0.1, 0.15) is 48.2 Å². The van der Waals surface area contributed by atoms with Gasteiger partial charge in [0, 0.05) is 11.4 Å². The second kappa shape index (κ2) is 7.73. The van der Waals surface area contributed by atoms with E-state index in [-0.39, 0.29) is 11.7 Å². The number of nitrogens with one attached hydrogen (secondary N) is 1. The third kappa shape index (κ3) is 4.41. The zero-order chi connectivity index (χ0) is 16.1. The number of carbonyl (C=O) groups is 1. The minimum Gasteiger partial charge on any atom is -0.351 e. The summed E-state index contributed by atoms with van der Waals surface area (Å²) in [5.41, 5.74) is 0.944. The van der Waals surface area contributed by atoms with Crippen LogP contribution >= 0.6 is 11.3 Å². The number of amides is 1. The van der Waals surface area contributed by atoms with E-state index in [1.807, 2.05) is 12.1 Å². The van der Waals surface area contributed by atoms with Crippen molar-refractivity contribution < 1.29 is 9.18 Å². The van der Waals surface area contributed by atoms with Crippen molar-refractivity contribution in [1.82, 2.24) is 5.32 Å². The number of carbonyl (C=O) groups excluding carboxylic acids is 1. The monoisotopic (exact) mass is 331 g/mol. The average Bonchev–Trinajstić information content (AvgIpc) is 2.91. The first-order chi connectivity index (χ1) is 11.2. The Balaban J connectivity index is 1.58. The molecule has 23 heavy (non-hydrogen) atoms. The summed E-state index contributed by atoms with van der Waals surface area (Å²) < 4.78 is 13.0. The van der Waals surface area contributed by atoms with E-state index in [1.165, 1.54) is 62.0 Å². The molecule has 0 radical (unpaired) electrons. The molecule has 3 rings (SSSR count). The predicted octanol–water partition coefficient (Wildman–Crippen LogP) is 5.25. The highest BCUT2D eigenvalue weighted by atomic mass is 32.1. The van der Waals surface area contributed by atoms with E-state index in [0.717, 1.165) is 21.9 Å². The van der Waals surface area contributed by atoms with E-state index in [0.29, 0.717) is 5.92 Å². The zero-order valence-corrected chi connectivity index (χ0v) is 14.0. The van der Waals surface area contributed by atoms with Crippen molar-refractivity contribution in [2.45, 2.75) is 38.5 Å². The topological polar surface area (TPSA) is 29.1 Å². The van der Waals surface area contributed by atoms with Gasteiger partial charge in [-0.2, -0.15) is 0 Å². The van der Waals surface area contributed by atoms with Crippen LogP contribution in [-0.2, 0) is 0 Å². The fourth-order valence-corrected chi connectivity index (χ4v) is 4.05. The van der Waals surface area contributed by atoms with Crippen LogP contribution in [0.4, 0.5) is 4.39 Å². The van der Waals surface area contributed by atoms with Crippen LogP contribution < -0.4 is 5.32 Å². The first kappa shape index (κ1) is 16.2. The van der Waals surface area contributed by atoms with Gasteiger partial charge in [-0.15, -0.1) is 11.3 Å². The molecular weight excluding hydrogens is 309 g/mol. The molecule has 1 aromatic carbocycles. The van der Waals surface area contributed by atoms with Crippen LogP contribution in [0.2, 0.25) is 0 Å². The maximum Gasteiger partial charge on any atom is 0.261 e. The van der Waals surface area contributed by atoms with Gasteiger partial charge in [-0.25, -0.2) is 4.39 Å². The second-order valence-electron chi connectivity index (χ2n) is 6.24. The van der Waals surface area contributed by atoms with Crippen molar-refractivity contribution >= 4 is 17.2 Å². The molecule has 1 heterocycles. The summed E-state index contributed by atoms with van der Waals surface area (Å²) in [4.78, 5) is 14.0. The molecule has 2 aromatic rings. The molecule has 122 valence electrons. The summed E-state index contributed by atoms with van der Waals surface area (Å²) in [6.45, 7) is 0.780. The third-order valence-corrected chi connectivity index (χ3v) is 5.62. The van der Waals surface area contributed by atoms with Gasteiger partial charge in [0.05, 0.1) is 4.88 Å². The van der Waals surface area contributed by atoms with Gasteiger partial charge in [-0.05, 0) is 48.6 Å². The highest BCUT2D eigenvalue weighted by Gasteiger charge is 2.15. The lowest BCUT2D eigenvalue weighted by atomic mass is 10.0.